The van der Waals surface area contributed by atoms with Gasteiger partial charge in [-0.15, -0.1) is 0 Å². The highest BCUT2D eigenvalue weighted by Crippen LogP contribution is 2.23. The third-order valence-corrected chi connectivity index (χ3v) is 3.75. The minimum atomic E-state index is -0.252. The summed E-state index contributed by atoms with van der Waals surface area (Å²) < 4.78 is 7.43. The molecule has 2 aromatic heterocycles. The zero-order valence-corrected chi connectivity index (χ0v) is 13.5. The van der Waals surface area contributed by atoms with E-state index in [2.05, 4.69) is 20.4 Å². The van der Waals surface area contributed by atoms with Crippen LogP contribution in [0.3, 0.4) is 0 Å². The molecule has 1 unspecified atom stereocenters. The number of ether oxygens (including phenoxy) is 1. The highest BCUT2D eigenvalue weighted by atomic mass is 16.5. The van der Waals surface area contributed by atoms with E-state index in [9.17, 15) is 4.79 Å². The van der Waals surface area contributed by atoms with Crippen molar-refractivity contribution in [1.29, 1.82) is 0 Å². The minimum absolute atomic E-state index is 0.0361. The number of nitrogens with one attached hydrogen (secondary N) is 1. The van der Waals surface area contributed by atoms with E-state index in [-0.39, 0.29) is 12.0 Å². The van der Waals surface area contributed by atoms with Crippen molar-refractivity contribution in [2.24, 2.45) is 7.05 Å². The number of amides is 1. The predicted molar refractivity (Wildman–Crippen MR) is 84.1 cm³/mol. The van der Waals surface area contributed by atoms with Crippen LogP contribution in [0.1, 0.15) is 28.0 Å². The molecule has 1 fully saturated rings. The number of carbonyl (C=O) groups is 1. The Kier molecular flexibility index (Phi) is 4.24. The fraction of sp³-hybridized carbons (Fsp3) is 0.467. The van der Waals surface area contributed by atoms with E-state index in [1.54, 1.807) is 29.0 Å². The van der Waals surface area contributed by atoms with Gasteiger partial charge in [-0.05, 0) is 6.92 Å². The second-order valence-electron chi connectivity index (χ2n) is 5.49. The summed E-state index contributed by atoms with van der Waals surface area (Å²) in [6.07, 6.45) is 3.06. The van der Waals surface area contributed by atoms with Gasteiger partial charge in [-0.1, -0.05) is 0 Å². The van der Waals surface area contributed by atoms with E-state index in [0.717, 1.165) is 11.5 Å². The summed E-state index contributed by atoms with van der Waals surface area (Å²) in [6.45, 7) is 3.35. The zero-order valence-electron chi connectivity index (χ0n) is 13.5. The molecular formula is C15H20N6O2. The number of hydrogen-bond donors (Lipinski definition) is 1. The average molecular weight is 316 g/mol. The molecule has 0 saturated carbocycles. The average Bonchev–Trinajstić information content (AvgIpc) is 3.00. The number of carbonyl (C=O) groups excluding carboxylic acids is 1. The molecule has 1 aliphatic heterocycles. The molecule has 23 heavy (non-hydrogen) atoms. The first-order chi connectivity index (χ1) is 11.1. The van der Waals surface area contributed by atoms with Crippen LogP contribution in [-0.4, -0.2) is 57.3 Å². The summed E-state index contributed by atoms with van der Waals surface area (Å²) in [6, 6.07) is 1.86. The molecule has 1 aliphatic rings. The molecule has 8 heteroatoms. The molecule has 0 bridgehead atoms. The molecule has 1 atom stereocenters. The standard InChI is InChI=1S/C15H20N6O2/c1-10-18-12(6-14(16-2)19-10)13-9-21(4-5-23-13)15(22)11-7-17-20(3)8-11/h6-8,13H,4-5,9H2,1-3H3,(H,16,18,19). The van der Waals surface area contributed by atoms with Gasteiger partial charge in [0.05, 0.1) is 30.6 Å². The monoisotopic (exact) mass is 316 g/mol. The van der Waals surface area contributed by atoms with Crippen LogP contribution >= 0.6 is 0 Å². The first kappa shape index (κ1) is 15.4. The first-order valence-corrected chi connectivity index (χ1v) is 7.49. The third kappa shape index (κ3) is 3.31. The van der Waals surface area contributed by atoms with Crippen LogP contribution in [0.4, 0.5) is 5.82 Å². The molecule has 3 rings (SSSR count). The Labute approximate surface area is 134 Å². The van der Waals surface area contributed by atoms with E-state index in [4.69, 9.17) is 4.74 Å². The molecule has 1 saturated heterocycles. The van der Waals surface area contributed by atoms with E-state index in [1.807, 2.05) is 20.0 Å². The van der Waals surface area contributed by atoms with Gasteiger partial charge in [0.15, 0.2) is 0 Å². The summed E-state index contributed by atoms with van der Waals surface area (Å²) in [7, 11) is 3.60. The van der Waals surface area contributed by atoms with Crippen LogP contribution in [0.5, 0.6) is 0 Å². The van der Waals surface area contributed by atoms with Crippen LogP contribution < -0.4 is 5.32 Å². The van der Waals surface area contributed by atoms with Crippen molar-refractivity contribution in [1.82, 2.24) is 24.6 Å². The maximum absolute atomic E-state index is 12.6. The summed E-state index contributed by atoms with van der Waals surface area (Å²) in [5.41, 5.74) is 1.37. The van der Waals surface area contributed by atoms with Crippen LogP contribution in [0.2, 0.25) is 0 Å². The number of aryl methyl sites for hydroxylation is 2. The molecule has 0 aliphatic carbocycles. The van der Waals surface area contributed by atoms with Crippen LogP contribution in [0.15, 0.2) is 18.5 Å². The second-order valence-corrected chi connectivity index (χ2v) is 5.49. The quantitative estimate of drug-likeness (QED) is 0.900. The van der Waals surface area contributed by atoms with Gasteiger partial charge in [0.2, 0.25) is 0 Å². The van der Waals surface area contributed by atoms with Crippen molar-refractivity contribution >= 4 is 11.7 Å². The third-order valence-electron chi connectivity index (χ3n) is 3.75. The Morgan fingerprint density at radius 1 is 1.43 bits per heavy atom. The Bertz CT molecular complexity index is 714. The number of aromatic nitrogens is 4. The van der Waals surface area contributed by atoms with Gasteiger partial charge < -0.3 is 15.0 Å². The fourth-order valence-electron chi connectivity index (χ4n) is 2.61. The fourth-order valence-corrected chi connectivity index (χ4v) is 2.61. The van der Waals surface area contributed by atoms with Crippen molar-refractivity contribution < 1.29 is 9.53 Å². The molecule has 122 valence electrons. The summed E-state index contributed by atoms with van der Waals surface area (Å²) in [4.78, 5) is 23.1. The molecule has 1 N–H and O–H groups in total. The Morgan fingerprint density at radius 3 is 2.96 bits per heavy atom. The first-order valence-electron chi connectivity index (χ1n) is 7.49. The molecule has 8 nitrogen and oxygen atoms in total. The minimum Gasteiger partial charge on any atom is -0.373 e. The number of anilines is 1. The zero-order chi connectivity index (χ0) is 16.4. The topological polar surface area (TPSA) is 85.2 Å². The van der Waals surface area contributed by atoms with E-state index < -0.39 is 0 Å². The van der Waals surface area contributed by atoms with Gasteiger partial charge in [0, 0.05) is 32.9 Å². The lowest BCUT2D eigenvalue weighted by atomic mass is 10.1. The van der Waals surface area contributed by atoms with Gasteiger partial charge in [-0.25, -0.2) is 9.97 Å². The molecule has 0 radical (unpaired) electrons. The normalized spacial score (nSPS) is 18.0. The van der Waals surface area contributed by atoms with Gasteiger partial charge in [-0.3, -0.25) is 9.48 Å². The molecule has 0 aromatic carbocycles. The molecule has 2 aromatic rings. The van der Waals surface area contributed by atoms with Crippen LogP contribution in [-0.2, 0) is 11.8 Å². The number of morpholine rings is 1. The Balaban J connectivity index is 1.78. The lowest BCUT2D eigenvalue weighted by Crippen LogP contribution is -2.42. The molecule has 3 heterocycles. The largest absolute Gasteiger partial charge is 0.373 e. The predicted octanol–water partition coefficient (Wildman–Crippen LogP) is 0.774. The smallest absolute Gasteiger partial charge is 0.257 e. The Morgan fingerprint density at radius 2 is 2.26 bits per heavy atom. The number of nitrogens with zero attached hydrogens (tertiary/aromatic N) is 5. The van der Waals surface area contributed by atoms with Crippen molar-refractivity contribution in [2.75, 3.05) is 32.1 Å². The van der Waals surface area contributed by atoms with Crippen LogP contribution in [0, 0.1) is 6.92 Å². The van der Waals surface area contributed by atoms with Crippen LogP contribution in [0.25, 0.3) is 0 Å². The molecule has 1 amide bonds. The Hall–Kier alpha value is -2.48. The highest BCUT2D eigenvalue weighted by Gasteiger charge is 2.28. The van der Waals surface area contributed by atoms with Gasteiger partial charge >= 0.3 is 0 Å². The van der Waals surface area contributed by atoms with E-state index in [1.165, 1.54) is 0 Å². The highest BCUT2D eigenvalue weighted by molar-refractivity contribution is 5.93. The van der Waals surface area contributed by atoms with Crippen molar-refractivity contribution in [3.63, 3.8) is 0 Å². The van der Waals surface area contributed by atoms with Gasteiger partial charge in [0.1, 0.15) is 17.7 Å². The molecular weight excluding hydrogens is 296 g/mol. The van der Waals surface area contributed by atoms with Crippen molar-refractivity contribution in [3.8, 4) is 0 Å². The summed E-state index contributed by atoms with van der Waals surface area (Å²) in [5.74, 6) is 1.38. The maximum atomic E-state index is 12.6. The second kappa shape index (κ2) is 6.33. The molecule has 0 spiro atoms. The van der Waals surface area contributed by atoms with E-state index >= 15 is 0 Å². The summed E-state index contributed by atoms with van der Waals surface area (Å²) in [5, 5.41) is 7.06. The lowest BCUT2D eigenvalue weighted by molar-refractivity contribution is -0.0248. The van der Waals surface area contributed by atoms with Gasteiger partial charge in [-0.2, -0.15) is 5.10 Å². The summed E-state index contributed by atoms with van der Waals surface area (Å²) >= 11 is 0. The lowest BCUT2D eigenvalue weighted by Gasteiger charge is -2.32. The number of hydrogen-bond acceptors (Lipinski definition) is 6. The van der Waals surface area contributed by atoms with Crippen molar-refractivity contribution in [3.05, 3.63) is 35.5 Å². The van der Waals surface area contributed by atoms with Gasteiger partial charge in [0.25, 0.3) is 5.91 Å². The van der Waals surface area contributed by atoms with Crippen molar-refractivity contribution in [2.45, 2.75) is 13.0 Å². The maximum Gasteiger partial charge on any atom is 0.257 e. The number of rotatable bonds is 3. The SMILES string of the molecule is CNc1cc(C2CN(C(=O)c3cnn(C)c3)CCO2)nc(C)n1. The van der Waals surface area contributed by atoms with E-state index in [0.29, 0.717) is 31.1 Å².